The maximum absolute atomic E-state index is 5.76. The Hall–Kier alpha value is -0.540. The van der Waals surface area contributed by atoms with E-state index in [1.165, 1.54) is 50.5 Å². The van der Waals surface area contributed by atoms with Gasteiger partial charge >= 0.3 is 0 Å². The van der Waals surface area contributed by atoms with Crippen LogP contribution in [-0.4, -0.2) is 20.2 Å². The molecule has 1 atom stereocenters. The number of rotatable bonds is 2. The van der Waals surface area contributed by atoms with Crippen LogP contribution in [0.3, 0.4) is 0 Å². The molecule has 3 rings (SSSR count). The number of ether oxygens (including phenoxy) is 1. The van der Waals surface area contributed by atoms with E-state index < -0.39 is 0 Å². The largest absolute Gasteiger partial charge is 0.495 e. The van der Waals surface area contributed by atoms with Crippen LogP contribution in [0, 0.1) is 0 Å². The van der Waals surface area contributed by atoms with Crippen molar-refractivity contribution < 1.29 is 4.74 Å². The van der Waals surface area contributed by atoms with Crippen LogP contribution in [0.25, 0.3) is 0 Å². The number of hydrogen-bond acceptors (Lipinski definition) is 2. The van der Waals surface area contributed by atoms with Crippen molar-refractivity contribution >= 4 is 15.9 Å². The lowest BCUT2D eigenvalue weighted by Crippen LogP contribution is -2.29. The standard InChI is InChI=1S/C17H24BrNO/c1-20-17-15(18)10-12-6-3-2-4-8-14(12)16(17)13-7-5-9-19-11-13/h10,13,19H,2-9,11H2,1H3. The molecule has 2 nitrogen and oxygen atoms in total. The first-order valence-electron chi connectivity index (χ1n) is 7.90. The summed E-state index contributed by atoms with van der Waals surface area (Å²) in [5.41, 5.74) is 4.64. The van der Waals surface area contributed by atoms with Gasteiger partial charge in [-0.2, -0.15) is 0 Å². The number of halogens is 1. The number of aryl methyl sites for hydroxylation is 1. The molecule has 3 heteroatoms. The number of piperidine rings is 1. The lowest BCUT2D eigenvalue weighted by atomic mass is 9.84. The van der Waals surface area contributed by atoms with Crippen molar-refractivity contribution in [3.63, 3.8) is 0 Å². The van der Waals surface area contributed by atoms with Crippen LogP contribution >= 0.6 is 15.9 Å². The average molecular weight is 338 g/mol. The Balaban J connectivity index is 2.09. The predicted octanol–water partition coefficient (Wildman–Crippen LogP) is 4.19. The molecule has 0 bridgehead atoms. The van der Waals surface area contributed by atoms with E-state index in [-0.39, 0.29) is 0 Å². The second kappa shape index (κ2) is 6.48. The molecule has 1 saturated heterocycles. The van der Waals surface area contributed by atoms with Gasteiger partial charge in [0.05, 0.1) is 11.6 Å². The molecule has 1 heterocycles. The molecule has 1 aromatic rings. The normalized spacial score (nSPS) is 23.0. The van der Waals surface area contributed by atoms with Gasteiger partial charge in [0.15, 0.2) is 0 Å². The summed E-state index contributed by atoms with van der Waals surface area (Å²) in [5.74, 6) is 1.70. The van der Waals surface area contributed by atoms with Gasteiger partial charge in [-0.05, 0) is 78.2 Å². The monoisotopic (exact) mass is 337 g/mol. The Labute approximate surface area is 130 Å². The van der Waals surface area contributed by atoms with E-state index >= 15 is 0 Å². The molecule has 1 aromatic carbocycles. The van der Waals surface area contributed by atoms with Crippen LogP contribution in [0.4, 0.5) is 0 Å². The Morgan fingerprint density at radius 2 is 2.05 bits per heavy atom. The molecule has 1 N–H and O–H groups in total. The zero-order valence-electron chi connectivity index (χ0n) is 12.3. The van der Waals surface area contributed by atoms with Crippen LogP contribution in [0.2, 0.25) is 0 Å². The molecule has 1 aliphatic heterocycles. The number of nitrogens with one attached hydrogen (secondary N) is 1. The lowest BCUT2D eigenvalue weighted by molar-refractivity contribution is 0.388. The molecule has 0 radical (unpaired) electrons. The first-order chi connectivity index (χ1) is 9.81. The molecule has 20 heavy (non-hydrogen) atoms. The molecule has 0 spiro atoms. The van der Waals surface area contributed by atoms with Crippen LogP contribution in [-0.2, 0) is 12.8 Å². The third-order valence-electron chi connectivity index (χ3n) is 4.76. The summed E-state index contributed by atoms with van der Waals surface area (Å²) in [7, 11) is 1.81. The van der Waals surface area contributed by atoms with E-state index in [0.29, 0.717) is 5.92 Å². The fourth-order valence-corrected chi connectivity index (χ4v) is 4.45. The molecular weight excluding hydrogens is 314 g/mol. The highest BCUT2D eigenvalue weighted by Crippen LogP contribution is 2.42. The summed E-state index contributed by atoms with van der Waals surface area (Å²) >= 11 is 3.73. The number of benzene rings is 1. The van der Waals surface area contributed by atoms with Crippen LogP contribution < -0.4 is 10.1 Å². The zero-order valence-corrected chi connectivity index (χ0v) is 13.9. The summed E-state index contributed by atoms with van der Waals surface area (Å²) in [6.45, 7) is 2.26. The highest BCUT2D eigenvalue weighted by atomic mass is 79.9. The maximum atomic E-state index is 5.76. The minimum absolute atomic E-state index is 0.614. The first-order valence-corrected chi connectivity index (χ1v) is 8.69. The molecule has 2 aliphatic rings. The summed E-state index contributed by atoms with van der Waals surface area (Å²) < 4.78 is 6.90. The molecular formula is C17H24BrNO. The van der Waals surface area contributed by atoms with Crippen molar-refractivity contribution in [1.29, 1.82) is 0 Å². The van der Waals surface area contributed by atoms with Crippen molar-refractivity contribution in [2.45, 2.75) is 50.9 Å². The van der Waals surface area contributed by atoms with E-state index in [1.54, 1.807) is 11.1 Å². The molecule has 1 fully saturated rings. The summed E-state index contributed by atoms with van der Waals surface area (Å²) in [5, 5.41) is 3.56. The van der Waals surface area contributed by atoms with E-state index in [1.807, 2.05) is 7.11 Å². The Morgan fingerprint density at radius 3 is 2.80 bits per heavy atom. The highest BCUT2D eigenvalue weighted by molar-refractivity contribution is 9.10. The Kier molecular flexibility index (Phi) is 4.67. The molecule has 0 amide bonds. The van der Waals surface area contributed by atoms with E-state index in [2.05, 4.69) is 27.3 Å². The second-order valence-electron chi connectivity index (χ2n) is 6.05. The molecule has 1 aliphatic carbocycles. The lowest BCUT2D eigenvalue weighted by Gasteiger charge is -2.28. The maximum Gasteiger partial charge on any atom is 0.136 e. The second-order valence-corrected chi connectivity index (χ2v) is 6.90. The van der Waals surface area contributed by atoms with Gasteiger partial charge in [-0.15, -0.1) is 0 Å². The fraction of sp³-hybridized carbons (Fsp3) is 0.647. The quantitative estimate of drug-likeness (QED) is 0.817. The van der Waals surface area contributed by atoms with Crippen molar-refractivity contribution in [1.82, 2.24) is 5.32 Å². The molecule has 1 unspecified atom stereocenters. The first kappa shape index (κ1) is 14.4. The van der Waals surface area contributed by atoms with Crippen molar-refractivity contribution in [2.75, 3.05) is 20.2 Å². The minimum Gasteiger partial charge on any atom is -0.495 e. The van der Waals surface area contributed by atoms with Gasteiger partial charge in [0.25, 0.3) is 0 Å². The van der Waals surface area contributed by atoms with Gasteiger partial charge in [0, 0.05) is 18.0 Å². The van der Waals surface area contributed by atoms with Crippen LogP contribution in [0.15, 0.2) is 10.5 Å². The van der Waals surface area contributed by atoms with E-state index in [0.717, 1.165) is 23.3 Å². The zero-order chi connectivity index (χ0) is 13.9. The van der Waals surface area contributed by atoms with Crippen LogP contribution in [0.5, 0.6) is 5.75 Å². The van der Waals surface area contributed by atoms with Gasteiger partial charge in [-0.25, -0.2) is 0 Å². The van der Waals surface area contributed by atoms with Crippen molar-refractivity contribution in [3.8, 4) is 5.75 Å². The minimum atomic E-state index is 0.614. The SMILES string of the molecule is COc1c(Br)cc2c(c1C1CCCNC1)CCCCC2. The smallest absolute Gasteiger partial charge is 0.136 e. The molecule has 0 saturated carbocycles. The van der Waals surface area contributed by atoms with Crippen LogP contribution in [0.1, 0.15) is 54.7 Å². The number of fused-ring (bicyclic) bond motifs is 1. The summed E-state index contributed by atoms with van der Waals surface area (Å²) in [4.78, 5) is 0. The summed E-state index contributed by atoms with van der Waals surface area (Å²) in [6.07, 6.45) is 9.02. The Bertz CT molecular complexity index is 480. The van der Waals surface area contributed by atoms with Gasteiger partial charge in [-0.3, -0.25) is 0 Å². The molecule has 110 valence electrons. The van der Waals surface area contributed by atoms with Gasteiger partial charge < -0.3 is 10.1 Å². The fourth-order valence-electron chi connectivity index (χ4n) is 3.79. The topological polar surface area (TPSA) is 21.3 Å². The van der Waals surface area contributed by atoms with Gasteiger partial charge in [-0.1, -0.05) is 6.42 Å². The third kappa shape index (κ3) is 2.75. The van der Waals surface area contributed by atoms with Crippen molar-refractivity contribution in [3.05, 3.63) is 27.2 Å². The third-order valence-corrected chi connectivity index (χ3v) is 5.35. The summed E-state index contributed by atoms with van der Waals surface area (Å²) in [6, 6.07) is 2.30. The van der Waals surface area contributed by atoms with Gasteiger partial charge in [0.1, 0.15) is 5.75 Å². The van der Waals surface area contributed by atoms with Gasteiger partial charge in [0.2, 0.25) is 0 Å². The predicted molar refractivity (Wildman–Crippen MR) is 86.8 cm³/mol. The number of methoxy groups -OCH3 is 1. The highest BCUT2D eigenvalue weighted by Gasteiger charge is 2.26. The van der Waals surface area contributed by atoms with E-state index in [4.69, 9.17) is 4.74 Å². The Morgan fingerprint density at radius 1 is 1.20 bits per heavy atom. The van der Waals surface area contributed by atoms with E-state index in [9.17, 15) is 0 Å². The number of hydrogen-bond donors (Lipinski definition) is 1. The molecule has 0 aromatic heterocycles. The average Bonchev–Trinajstić information content (AvgIpc) is 2.71. The van der Waals surface area contributed by atoms with Crippen molar-refractivity contribution in [2.24, 2.45) is 0 Å².